The normalized spacial score (nSPS) is 20.9. The van der Waals surface area contributed by atoms with E-state index in [9.17, 15) is 4.79 Å². The summed E-state index contributed by atoms with van der Waals surface area (Å²) in [7, 11) is 0. The van der Waals surface area contributed by atoms with Crippen LogP contribution >= 0.6 is 11.3 Å². The lowest BCUT2D eigenvalue weighted by molar-refractivity contribution is -0.141. The number of carbonyl (C=O) groups excluding carboxylic acids is 1. The second-order valence-electron chi connectivity index (χ2n) is 6.64. The number of anilines is 1. The average Bonchev–Trinajstić information content (AvgIpc) is 3.34. The maximum absolute atomic E-state index is 12.4. The van der Waals surface area contributed by atoms with Crippen LogP contribution in [0.4, 0.5) is 5.13 Å². The number of hydrogen-bond donors (Lipinski definition) is 0. The molecule has 0 radical (unpaired) electrons. The highest BCUT2D eigenvalue weighted by Gasteiger charge is 2.30. The van der Waals surface area contributed by atoms with E-state index in [4.69, 9.17) is 9.72 Å². The molecule has 0 spiro atoms. The Labute approximate surface area is 152 Å². The molecule has 2 aliphatic heterocycles. The molecular formula is C19H23N3O2S. The van der Waals surface area contributed by atoms with E-state index in [0.29, 0.717) is 0 Å². The van der Waals surface area contributed by atoms with Gasteiger partial charge in [-0.25, -0.2) is 4.98 Å². The van der Waals surface area contributed by atoms with Gasteiger partial charge in [0.15, 0.2) is 5.13 Å². The van der Waals surface area contributed by atoms with Gasteiger partial charge in [-0.05, 0) is 25.3 Å². The molecule has 0 saturated carbocycles. The number of amides is 1. The van der Waals surface area contributed by atoms with Gasteiger partial charge in [-0.1, -0.05) is 24.3 Å². The van der Waals surface area contributed by atoms with E-state index < -0.39 is 0 Å². The third kappa shape index (κ3) is 3.41. The van der Waals surface area contributed by atoms with Gasteiger partial charge in [0.05, 0.1) is 5.69 Å². The predicted molar refractivity (Wildman–Crippen MR) is 100 cm³/mol. The van der Waals surface area contributed by atoms with Crippen molar-refractivity contribution in [3.8, 4) is 11.3 Å². The second kappa shape index (κ2) is 7.14. The van der Waals surface area contributed by atoms with Gasteiger partial charge in [-0.3, -0.25) is 4.79 Å². The highest BCUT2D eigenvalue weighted by atomic mass is 32.1. The van der Waals surface area contributed by atoms with Crippen molar-refractivity contribution in [1.82, 2.24) is 9.88 Å². The Hall–Kier alpha value is -1.92. The summed E-state index contributed by atoms with van der Waals surface area (Å²) < 4.78 is 5.53. The molecule has 0 aliphatic carbocycles. The molecule has 0 bridgehead atoms. The number of benzene rings is 1. The van der Waals surface area contributed by atoms with Gasteiger partial charge in [0, 0.05) is 43.7 Å². The molecule has 0 N–H and O–H groups in total. The van der Waals surface area contributed by atoms with Crippen molar-refractivity contribution in [2.24, 2.45) is 0 Å². The number of piperazine rings is 1. The molecular weight excluding hydrogens is 334 g/mol. The Morgan fingerprint density at radius 2 is 2.04 bits per heavy atom. The van der Waals surface area contributed by atoms with E-state index in [-0.39, 0.29) is 12.0 Å². The summed E-state index contributed by atoms with van der Waals surface area (Å²) in [5.74, 6) is 0.164. The first kappa shape index (κ1) is 16.5. The van der Waals surface area contributed by atoms with Gasteiger partial charge in [-0.15, -0.1) is 11.3 Å². The van der Waals surface area contributed by atoms with Crippen LogP contribution in [0.3, 0.4) is 0 Å². The molecule has 5 nitrogen and oxygen atoms in total. The Bertz CT molecular complexity index is 747. The van der Waals surface area contributed by atoms with Crippen LogP contribution in [0.25, 0.3) is 11.3 Å². The fourth-order valence-corrected chi connectivity index (χ4v) is 4.37. The molecule has 1 aromatic heterocycles. The Balaban J connectivity index is 1.40. The third-order valence-corrected chi connectivity index (χ3v) is 5.88. The lowest BCUT2D eigenvalue weighted by Gasteiger charge is -2.35. The first-order valence-corrected chi connectivity index (χ1v) is 9.77. The van der Waals surface area contributed by atoms with E-state index in [1.54, 1.807) is 11.3 Å². The molecule has 132 valence electrons. The minimum absolute atomic E-state index is 0.164. The minimum Gasteiger partial charge on any atom is -0.368 e. The molecule has 1 atom stereocenters. The van der Waals surface area contributed by atoms with Crippen molar-refractivity contribution in [3.05, 3.63) is 35.2 Å². The van der Waals surface area contributed by atoms with Crippen molar-refractivity contribution >= 4 is 22.4 Å². The van der Waals surface area contributed by atoms with Crippen molar-refractivity contribution in [2.45, 2.75) is 25.9 Å². The van der Waals surface area contributed by atoms with Crippen molar-refractivity contribution in [3.63, 3.8) is 0 Å². The smallest absolute Gasteiger partial charge is 0.251 e. The van der Waals surface area contributed by atoms with E-state index >= 15 is 0 Å². The number of ether oxygens (including phenoxy) is 1. The van der Waals surface area contributed by atoms with Crippen LogP contribution in [0.2, 0.25) is 0 Å². The molecule has 2 aliphatic rings. The van der Waals surface area contributed by atoms with E-state index in [1.807, 2.05) is 4.90 Å². The van der Waals surface area contributed by atoms with Gasteiger partial charge >= 0.3 is 0 Å². The largest absolute Gasteiger partial charge is 0.368 e. The SMILES string of the molecule is Cc1ccccc1-c1csc(N2CCN(C(=O)[C@H]3CCCO3)CC2)n1. The van der Waals surface area contributed by atoms with Gasteiger partial charge in [0.25, 0.3) is 5.91 Å². The van der Waals surface area contributed by atoms with Crippen LogP contribution in [0.5, 0.6) is 0 Å². The Morgan fingerprint density at radius 1 is 1.24 bits per heavy atom. The summed E-state index contributed by atoms with van der Waals surface area (Å²) in [6.07, 6.45) is 1.65. The standard InChI is InChI=1S/C19H23N3O2S/c1-14-5-2-3-6-15(14)16-13-25-19(20-16)22-10-8-21(9-11-22)18(23)17-7-4-12-24-17/h2-3,5-6,13,17H,4,7-12H2,1H3/t17-/m1/s1. The molecule has 2 aromatic rings. The molecule has 4 rings (SSSR count). The number of carbonyl (C=O) groups is 1. The van der Waals surface area contributed by atoms with Crippen LogP contribution in [0, 0.1) is 6.92 Å². The fourth-order valence-electron chi connectivity index (χ4n) is 3.49. The van der Waals surface area contributed by atoms with Crippen LogP contribution in [0.15, 0.2) is 29.6 Å². The first-order valence-electron chi connectivity index (χ1n) is 8.89. The number of rotatable bonds is 3. The number of thiazole rings is 1. The number of aryl methyl sites for hydroxylation is 1. The zero-order valence-corrected chi connectivity index (χ0v) is 15.3. The topological polar surface area (TPSA) is 45.7 Å². The molecule has 2 saturated heterocycles. The quantitative estimate of drug-likeness (QED) is 0.847. The van der Waals surface area contributed by atoms with Crippen LogP contribution in [-0.2, 0) is 9.53 Å². The lowest BCUT2D eigenvalue weighted by atomic mass is 10.1. The molecule has 3 heterocycles. The molecule has 25 heavy (non-hydrogen) atoms. The van der Waals surface area contributed by atoms with Crippen molar-refractivity contribution < 1.29 is 9.53 Å². The molecule has 1 aromatic carbocycles. The van der Waals surface area contributed by atoms with Crippen molar-refractivity contribution in [2.75, 3.05) is 37.7 Å². The summed E-state index contributed by atoms with van der Waals surface area (Å²) in [5, 5.41) is 3.17. The van der Waals surface area contributed by atoms with Gasteiger partial charge in [0.2, 0.25) is 0 Å². The summed E-state index contributed by atoms with van der Waals surface area (Å²) in [4.78, 5) is 21.5. The number of hydrogen-bond acceptors (Lipinski definition) is 5. The van der Waals surface area contributed by atoms with Gasteiger partial charge in [-0.2, -0.15) is 0 Å². The third-order valence-electron chi connectivity index (χ3n) is 4.98. The summed E-state index contributed by atoms with van der Waals surface area (Å²) >= 11 is 1.68. The average molecular weight is 357 g/mol. The minimum atomic E-state index is -0.209. The maximum atomic E-state index is 12.4. The fraction of sp³-hybridized carbons (Fsp3) is 0.474. The predicted octanol–water partition coefficient (Wildman–Crippen LogP) is 2.95. The zero-order chi connectivity index (χ0) is 17.2. The van der Waals surface area contributed by atoms with Crippen LogP contribution in [0.1, 0.15) is 18.4 Å². The van der Waals surface area contributed by atoms with E-state index in [2.05, 4.69) is 41.5 Å². The zero-order valence-electron chi connectivity index (χ0n) is 14.5. The first-order chi connectivity index (χ1) is 12.2. The summed E-state index contributed by atoms with van der Waals surface area (Å²) in [6, 6.07) is 8.34. The van der Waals surface area contributed by atoms with Crippen molar-refractivity contribution in [1.29, 1.82) is 0 Å². The highest BCUT2D eigenvalue weighted by molar-refractivity contribution is 7.14. The lowest BCUT2D eigenvalue weighted by Crippen LogP contribution is -2.51. The second-order valence-corrected chi connectivity index (χ2v) is 7.48. The van der Waals surface area contributed by atoms with Crippen LogP contribution in [-0.4, -0.2) is 54.7 Å². The Kier molecular flexibility index (Phi) is 4.72. The molecule has 0 unspecified atom stereocenters. The van der Waals surface area contributed by atoms with E-state index in [0.717, 1.165) is 56.5 Å². The van der Waals surface area contributed by atoms with Crippen LogP contribution < -0.4 is 4.90 Å². The monoisotopic (exact) mass is 357 g/mol. The van der Waals surface area contributed by atoms with E-state index in [1.165, 1.54) is 11.1 Å². The maximum Gasteiger partial charge on any atom is 0.251 e. The molecule has 6 heteroatoms. The highest BCUT2D eigenvalue weighted by Crippen LogP contribution is 2.30. The number of aromatic nitrogens is 1. The Morgan fingerprint density at radius 3 is 2.76 bits per heavy atom. The molecule has 2 fully saturated rings. The summed E-state index contributed by atoms with van der Waals surface area (Å²) in [6.45, 7) is 6.00. The summed E-state index contributed by atoms with van der Waals surface area (Å²) in [5.41, 5.74) is 3.47. The van der Waals surface area contributed by atoms with Gasteiger partial charge in [0.1, 0.15) is 6.10 Å². The number of nitrogens with zero attached hydrogens (tertiary/aromatic N) is 3. The molecule has 1 amide bonds. The van der Waals surface area contributed by atoms with Gasteiger partial charge < -0.3 is 14.5 Å².